The molecular formula is C20H24N6. The number of hydrogen-bond acceptors (Lipinski definition) is 6. The van der Waals surface area contributed by atoms with Crippen LogP contribution >= 0.6 is 0 Å². The molecular weight excluding hydrogens is 324 g/mol. The smallest absolute Gasteiger partial charge is 0.180 e. The maximum atomic E-state index is 4.74. The first kappa shape index (κ1) is 18.0. The van der Waals surface area contributed by atoms with Gasteiger partial charge in [-0.1, -0.05) is 0 Å². The molecule has 0 aliphatic rings. The Morgan fingerprint density at radius 1 is 0.346 bits per heavy atom. The van der Waals surface area contributed by atoms with Gasteiger partial charge in [0, 0.05) is 5.56 Å². The molecule has 3 aromatic rings. The lowest BCUT2D eigenvalue weighted by Gasteiger charge is -2.14. The van der Waals surface area contributed by atoms with Gasteiger partial charge in [-0.2, -0.15) is 0 Å². The molecule has 0 aliphatic carbocycles. The maximum absolute atomic E-state index is 4.74. The van der Waals surface area contributed by atoms with Crippen molar-refractivity contribution >= 4 is 0 Å². The molecule has 0 saturated carbocycles. The summed E-state index contributed by atoms with van der Waals surface area (Å²) in [7, 11) is 0. The normalized spacial score (nSPS) is 11.1. The first-order chi connectivity index (χ1) is 12.2. The van der Waals surface area contributed by atoms with Gasteiger partial charge in [0.25, 0.3) is 0 Å². The van der Waals surface area contributed by atoms with Gasteiger partial charge in [0.15, 0.2) is 5.82 Å². The Bertz CT molecular complexity index is 1000. The molecule has 0 bridgehead atoms. The zero-order valence-electron chi connectivity index (χ0n) is 16.7. The van der Waals surface area contributed by atoms with Crippen LogP contribution in [0.4, 0.5) is 0 Å². The molecule has 0 saturated heterocycles. The Hall–Kier alpha value is -2.76. The lowest BCUT2D eigenvalue weighted by atomic mass is 10.1. The van der Waals surface area contributed by atoms with Gasteiger partial charge < -0.3 is 0 Å². The predicted molar refractivity (Wildman–Crippen MR) is 102 cm³/mol. The monoisotopic (exact) mass is 348 g/mol. The third-order valence-electron chi connectivity index (χ3n) is 4.68. The van der Waals surface area contributed by atoms with Crippen molar-refractivity contribution in [3.63, 3.8) is 0 Å². The molecule has 6 nitrogen and oxygen atoms in total. The molecule has 0 aliphatic heterocycles. The second-order valence-corrected chi connectivity index (χ2v) is 6.75. The molecule has 134 valence electrons. The van der Waals surface area contributed by atoms with Crippen LogP contribution in [0.2, 0.25) is 0 Å². The van der Waals surface area contributed by atoms with E-state index in [1.165, 1.54) is 0 Å². The zero-order chi connectivity index (χ0) is 19.2. The van der Waals surface area contributed by atoms with Gasteiger partial charge in [0.2, 0.25) is 0 Å². The van der Waals surface area contributed by atoms with Crippen molar-refractivity contribution in [1.82, 2.24) is 29.9 Å². The predicted octanol–water partition coefficient (Wildman–Crippen LogP) is 3.86. The molecule has 0 fully saturated rings. The largest absolute Gasteiger partial charge is 0.254 e. The molecule has 0 spiro atoms. The quantitative estimate of drug-likeness (QED) is 0.700. The van der Waals surface area contributed by atoms with E-state index >= 15 is 0 Å². The summed E-state index contributed by atoms with van der Waals surface area (Å²) < 4.78 is 0. The minimum absolute atomic E-state index is 0.603. The lowest BCUT2D eigenvalue weighted by molar-refractivity contribution is 0.964. The summed E-state index contributed by atoms with van der Waals surface area (Å²) in [5.41, 5.74) is 9.66. The Kier molecular flexibility index (Phi) is 4.52. The average Bonchev–Trinajstić information content (AvgIpc) is 2.55. The van der Waals surface area contributed by atoms with Crippen LogP contribution in [0.5, 0.6) is 0 Å². The zero-order valence-corrected chi connectivity index (χ0v) is 16.7. The van der Waals surface area contributed by atoms with E-state index in [0.717, 1.165) is 62.5 Å². The van der Waals surface area contributed by atoms with Gasteiger partial charge in [0.05, 0.1) is 51.2 Å². The molecule has 0 unspecified atom stereocenters. The van der Waals surface area contributed by atoms with Crippen molar-refractivity contribution in [1.29, 1.82) is 0 Å². The van der Waals surface area contributed by atoms with E-state index in [4.69, 9.17) is 15.0 Å². The van der Waals surface area contributed by atoms with Gasteiger partial charge in [0.1, 0.15) is 5.69 Å². The Labute approximate surface area is 154 Å². The van der Waals surface area contributed by atoms with Crippen molar-refractivity contribution in [2.24, 2.45) is 0 Å². The van der Waals surface area contributed by atoms with Crippen LogP contribution < -0.4 is 0 Å². The van der Waals surface area contributed by atoms with Crippen molar-refractivity contribution in [2.45, 2.75) is 55.4 Å². The lowest BCUT2D eigenvalue weighted by Crippen LogP contribution is -2.07. The van der Waals surface area contributed by atoms with Gasteiger partial charge >= 0.3 is 0 Å². The summed E-state index contributed by atoms with van der Waals surface area (Å²) in [5, 5.41) is 0. The fraction of sp³-hybridized carbons (Fsp3) is 0.400. The molecule has 0 amide bonds. The molecule has 3 aromatic heterocycles. The van der Waals surface area contributed by atoms with E-state index in [2.05, 4.69) is 15.0 Å². The second-order valence-electron chi connectivity index (χ2n) is 6.75. The molecule has 3 heterocycles. The number of hydrogen-bond donors (Lipinski definition) is 0. The van der Waals surface area contributed by atoms with E-state index in [1.54, 1.807) is 0 Å². The Balaban J connectivity index is 2.20. The van der Waals surface area contributed by atoms with Gasteiger partial charge in [-0.05, 0) is 55.4 Å². The van der Waals surface area contributed by atoms with Gasteiger partial charge in [-0.3, -0.25) is 9.97 Å². The van der Waals surface area contributed by atoms with Crippen LogP contribution in [0.25, 0.3) is 22.8 Å². The Morgan fingerprint density at radius 3 is 1.23 bits per heavy atom. The minimum Gasteiger partial charge on any atom is -0.254 e. The van der Waals surface area contributed by atoms with Crippen LogP contribution in [0, 0.1) is 55.4 Å². The minimum atomic E-state index is 0.603. The number of aryl methyl sites for hydroxylation is 8. The highest BCUT2D eigenvalue weighted by molar-refractivity contribution is 5.68. The molecule has 3 rings (SSSR count). The standard InChI is InChI=1S/C20H24N6/c1-9-11(3)23-18(15(7)21-9)17-13(5)25-20(26-14(17)6)19-16(8)22-10(2)12(4)24-19/h1-8H3. The number of aromatic nitrogens is 6. The van der Waals surface area contributed by atoms with Gasteiger partial charge in [-0.25, -0.2) is 19.9 Å². The molecule has 0 aromatic carbocycles. The van der Waals surface area contributed by atoms with E-state index in [-0.39, 0.29) is 0 Å². The summed E-state index contributed by atoms with van der Waals surface area (Å²) >= 11 is 0. The summed E-state index contributed by atoms with van der Waals surface area (Å²) in [6.07, 6.45) is 0. The molecule has 0 radical (unpaired) electrons. The van der Waals surface area contributed by atoms with Gasteiger partial charge in [-0.15, -0.1) is 0 Å². The fourth-order valence-corrected chi connectivity index (χ4v) is 3.04. The fourth-order valence-electron chi connectivity index (χ4n) is 3.04. The van der Waals surface area contributed by atoms with Crippen molar-refractivity contribution in [3.8, 4) is 22.8 Å². The number of rotatable bonds is 2. The first-order valence-electron chi connectivity index (χ1n) is 8.68. The third-order valence-corrected chi connectivity index (χ3v) is 4.68. The van der Waals surface area contributed by atoms with Crippen molar-refractivity contribution in [2.75, 3.05) is 0 Å². The Morgan fingerprint density at radius 2 is 0.731 bits per heavy atom. The second kappa shape index (κ2) is 6.52. The summed E-state index contributed by atoms with van der Waals surface area (Å²) in [6.45, 7) is 15.7. The van der Waals surface area contributed by atoms with E-state index in [0.29, 0.717) is 5.82 Å². The molecule has 0 N–H and O–H groups in total. The molecule has 6 heteroatoms. The highest BCUT2D eigenvalue weighted by Gasteiger charge is 2.18. The summed E-state index contributed by atoms with van der Waals surface area (Å²) in [4.78, 5) is 28.0. The van der Waals surface area contributed by atoms with Crippen LogP contribution in [0.15, 0.2) is 0 Å². The van der Waals surface area contributed by atoms with Crippen molar-refractivity contribution < 1.29 is 0 Å². The van der Waals surface area contributed by atoms with E-state index in [9.17, 15) is 0 Å². The summed E-state index contributed by atoms with van der Waals surface area (Å²) in [5.74, 6) is 0.603. The van der Waals surface area contributed by atoms with Crippen LogP contribution in [-0.2, 0) is 0 Å². The van der Waals surface area contributed by atoms with Crippen LogP contribution in [0.1, 0.15) is 45.6 Å². The highest BCUT2D eigenvalue weighted by atomic mass is 15.0. The molecule has 0 atom stereocenters. The number of nitrogens with zero attached hydrogens (tertiary/aromatic N) is 6. The van der Waals surface area contributed by atoms with Crippen LogP contribution in [-0.4, -0.2) is 29.9 Å². The third kappa shape index (κ3) is 3.07. The highest BCUT2D eigenvalue weighted by Crippen LogP contribution is 2.29. The first-order valence-corrected chi connectivity index (χ1v) is 8.68. The summed E-state index contributed by atoms with van der Waals surface area (Å²) in [6, 6.07) is 0. The van der Waals surface area contributed by atoms with E-state index < -0.39 is 0 Å². The SMILES string of the molecule is Cc1nc(C)c(-c2nc(C)c(-c3nc(C)c(C)nc3C)c(C)n2)nc1C. The maximum Gasteiger partial charge on any atom is 0.180 e. The topological polar surface area (TPSA) is 77.3 Å². The average molecular weight is 348 g/mol. The molecule has 26 heavy (non-hydrogen) atoms. The van der Waals surface area contributed by atoms with Crippen molar-refractivity contribution in [3.05, 3.63) is 45.6 Å². The van der Waals surface area contributed by atoms with E-state index in [1.807, 2.05) is 55.4 Å². The van der Waals surface area contributed by atoms with Crippen LogP contribution in [0.3, 0.4) is 0 Å².